The first-order chi connectivity index (χ1) is 7.86. The molecule has 2 rings (SSSR count). The van der Waals surface area contributed by atoms with Crippen LogP contribution in [0.1, 0.15) is 31.4 Å². The third kappa shape index (κ3) is 3.32. The van der Waals surface area contributed by atoms with Crippen LogP contribution in [0.4, 0.5) is 0 Å². The van der Waals surface area contributed by atoms with E-state index >= 15 is 0 Å². The van der Waals surface area contributed by atoms with Gasteiger partial charge in [0.15, 0.2) is 0 Å². The molecule has 0 aromatic heterocycles. The van der Waals surface area contributed by atoms with Crippen molar-refractivity contribution in [3.63, 3.8) is 0 Å². The summed E-state index contributed by atoms with van der Waals surface area (Å²) in [5, 5.41) is 3.59. The topological polar surface area (TPSA) is 21.3 Å². The van der Waals surface area contributed by atoms with Crippen molar-refractivity contribution in [1.82, 2.24) is 5.32 Å². The van der Waals surface area contributed by atoms with Gasteiger partial charge >= 0.3 is 0 Å². The lowest BCUT2D eigenvalue weighted by molar-refractivity contribution is 0.0540. The molecule has 1 aromatic carbocycles. The second-order valence-electron chi connectivity index (χ2n) is 4.62. The lowest BCUT2D eigenvalue weighted by atomic mass is 10.0. The van der Waals surface area contributed by atoms with E-state index in [0.717, 1.165) is 19.8 Å². The molecule has 1 aromatic rings. The summed E-state index contributed by atoms with van der Waals surface area (Å²) in [6, 6.07) is 11.0. The molecule has 1 heterocycles. The zero-order chi connectivity index (χ0) is 11.2. The molecule has 16 heavy (non-hydrogen) atoms. The lowest BCUT2D eigenvalue weighted by Crippen LogP contribution is -2.30. The molecule has 2 heteroatoms. The second-order valence-corrected chi connectivity index (χ2v) is 4.62. The SMILES string of the molecule is C[C@H](NC[C@H]1CCCOC1)c1ccccc1. The van der Waals surface area contributed by atoms with E-state index < -0.39 is 0 Å². The Kier molecular flexibility index (Phi) is 4.37. The average molecular weight is 219 g/mol. The quantitative estimate of drug-likeness (QED) is 0.840. The Morgan fingerprint density at radius 1 is 1.38 bits per heavy atom. The number of hydrogen-bond acceptors (Lipinski definition) is 2. The molecule has 0 saturated carbocycles. The first-order valence-electron chi connectivity index (χ1n) is 6.22. The van der Waals surface area contributed by atoms with Crippen LogP contribution in [0.3, 0.4) is 0 Å². The van der Waals surface area contributed by atoms with Crippen molar-refractivity contribution in [2.75, 3.05) is 19.8 Å². The maximum atomic E-state index is 5.48. The van der Waals surface area contributed by atoms with Crippen molar-refractivity contribution in [2.45, 2.75) is 25.8 Å². The predicted molar refractivity (Wildman–Crippen MR) is 66.4 cm³/mol. The van der Waals surface area contributed by atoms with Crippen LogP contribution in [0.5, 0.6) is 0 Å². The summed E-state index contributed by atoms with van der Waals surface area (Å²) < 4.78 is 5.48. The predicted octanol–water partition coefficient (Wildman–Crippen LogP) is 2.76. The maximum absolute atomic E-state index is 5.48. The van der Waals surface area contributed by atoms with Crippen molar-refractivity contribution >= 4 is 0 Å². The Bertz CT molecular complexity index is 293. The van der Waals surface area contributed by atoms with Crippen LogP contribution >= 0.6 is 0 Å². The van der Waals surface area contributed by atoms with Gasteiger partial charge in [0.25, 0.3) is 0 Å². The molecule has 0 amide bonds. The summed E-state index contributed by atoms with van der Waals surface area (Å²) in [4.78, 5) is 0. The van der Waals surface area contributed by atoms with Gasteiger partial charge in [-0.25, -0.2) is 0 Å². The minimum atomic E-state index is 0.433. The van der Waals surface area contributed by atoms with Gasteiger partial charge in [0.2, 0.25) is 0 Å². The Balaban J connectivity index is 1.77. The zero-order valence-electron chi connectivity index (χ0n) is 9.99. The van der Waals surface area contributed by atoms with Crippen molar-refractivity contribution in [3.8, 4) is 0 Å². The minimum absolute atomic E-state index is 0.433. The molecule has 1 N–H and O–H groups in total. The Hall–Kier alpha value is -0.860. The molecule has 2 nitrogen and oxygen atoms in total. The maximum Gasteiger partial charge on any atom is 0.0506 e. The van der Waals surface area contributed by atoms with E-state index in [1.807, 2.05) is 0 Å². The standard InChI is InChI=1S/C14H21NO/c1-12(14-7-3-2-4-8-14)15-10-13-6-5-9-16-11-13/h2-4,7-8,12-13,15H,5-6,9-11H2,1H3/t12-,13+/m0/s1. The van der Waals surface area contributed by atoms with Gasteiger partial charge in [0.1, 0.15) is 0 Å². The molecule has 1 fully saturated rings. The first-order valence-corrected chi connectivity index (χ1v) is 6.22. The molecular weight excluding hydrogens is 198 g/mol. The van der Waals surface area contributed by atoms with Gasteiger partial charge in [-0.1, -0.05) is 30.3 Å². The monoisotopic (exact) mass is 219 g/mol. The molecule has 0 spiro atoms. The minimum Gasteiger partial charge on any atom is -0.381 e. The number of rotatable bonds is 4. The highest BCUT2D eigenvalue weighted by molar-refractivity contribution is 5.17. The van der Waals surface area contributed by atoms with Crippen LogP contribution in [-0.4, -0.2) is 19.8 Å². The van der Waals surface area contributed by atoms with Gasteiger partial charge in [-0.3, -0.25) is 0 Å². The van der Waals surface area contributed by atoms with Gasteiger partial charge in [0, 0.05) is 19.2 Å². The number of nitrogens with one attached hydrogen (secondary N) is 1. The molecule has 0 aliphatic carbocycles. The van der Waals surface area contributed by atoms with E-state index in [0.29, 0.717) is 12.0 Å². The highest BCUT2D eigenvalue weighted by Crippen LogP contribution is 2.15. The molecule has 2 atom stereocenters. The normalized spacial score (nSPS) is 22.9. The summed E-state index contributed by atoms with van der Waals surface area (Å²) in [6.07, 6.45) is 2.51. The van der Waals surface area contributed by atoms with Gasteiger partial charge in [-0.15, -0.1) is 0 Å². The summed E-state index contributed by atoms with van der Waals surface area (Å²) >= 11 is 0. The molecular formula is C14H21NO. The Morgan fingerprint density at radius 2 is 2.19 bits per heavy atom. The van der Waals surface area contributed by atoms with Crippen LogP contribution in [0.2, 0.25) is 0 Å². The number of ether oxygens (including phenoxy) is 1. The number of hydrogen-bond donors (Lipinski definition) is 1. The molecule has 0 radical (unpaired) electrons. The molecule has 1 aliphatic rings. The fourth-order valence-electron chi connectivity index (χ4n) is 2.17. The second kappa shape index (κ2) is 6.02. The van der Waals surface area contributed by atoms with E-state index in [1.54, 1.807) is 0 Å². The van der Waals surface area contributed by atoms with Gasteiger partial charge < -0.3 is 10.1 Å². The number of benzene rings is 1. The molecule has 0 unspecified atom stereocenters. The van der Waals surface area contributed by atoms with Crippen molar-refractivity contribution < 1.29 is 4.74 Å². The summed E-state index contributed by atoms with van der Waals surface area (Å²) in [7, 11) is 0. The average Bonchev–Trinajstić information content (AvgIpc) is 2.38. The third-order valence-corrected chi connectivity index (χ3v) is 3.27. The van der Waals surface area contributed by atoms with E-state index in [4.69, 9.17) is 4.74 Å². The summed E-state index contributed by atoms with van der Waals surface area (Å²) in [5.41, 5.74) is 1.36. The summed E-state index contributed by atoms with van der Waals surface area (Å²) in [6.45, 7) is 5.16. The van der Waals surface area contributed by atoms with E-state index in [1.165, 1.54) is 18.4 Å². The molecule has 88 valence electrons. The van der Waals surface area contributed by atoms with E-state index in [9.17, 15) is 0 Å². The van der Waals surface area contributed by atoms with Crippen LogP contribution in [0, 0.1) is 5.92 Å². The van der Waals surface area contributed by atoms with Crippen LogP contribution in [-0.2, 0) is 4.74 Å². The molecule has 1 aliphatic heterocycles. The lowest BCUT2D eigenvalue weighted by Gasteiger charge is -2.24. The van der Waals surface area contributed by atoms with Crippen LogP contribution in [0.15, 0.2) is 30.3 Å². The van der Waals surface area contributed by atoms with Gasteiger partial charge in [-0.05, 0) is 31.2 Å². The van der Waals surface area contributed by atoms with Crippen LogP contribution < -0.4 is 5.32 Å². The fraction of sp³-hybridized carbons (Fsp3) is 0.571. The highest BCUT2D eigenvalue weighted by Gasteiger charge is 2.14. The highest BCUT2D eigenvalue weighted by atomic mass is 16.5. The molecule has 1 saturated heterocycles. The third-order valence-electron chi connectivity index (χ3n) is 3.27. The Morgan fingerprint density at radius 3 is 2.88 bits per heavy atom. The first kappa shape index (κ1) is 11.6. The van der Waals surface area contributed by atoms with Gasteiger partial charge in [-0.2, -0.15) is 0 Å². The van der Waals surface area contributed by atoms with Gasteiger partial charge in [0.05, 0.1) is 6.61 Å². The largest absolute Gasteiger partial charge is 0.381 e. The van der Waals surface area contributed by atoms with Crippen molar-refractivity contribution in [3.05, 3.63) is 35.9 Å². The zero-order valence-corrected chi connectivity index (χ0v) is 9.99. The molecule has 0 bridgehead atoms. The van der Waals surface area contributed by atoms with Crippen molar-refractivity contribution in [1.29, 1.82) is 0 Å². The smallest absolute Gasteiger partial charge is 0.0506 e. The van der Waals surface area contributed by atoms with Crippen LogP contribution in [0.25, 0.3) is 0 Å². The van der Waals surface area contributed by atoms with E-state index in [-0.39, 0.29) is 0 Å². The van der Waals surface area contributed by atoms with Crippen molar-refractivity contribution in [2.24, 2.45) is 5.92 Å². The Labute approximate surface area is 98.0 Å². The van der Waals surface area contributed by atoms with E-state index in [2.05, 4.69) is 42.6 Å². The fourth-order valence-corrected chi connectivity index (χ4v) is 2.17. The summed E-state index contributed by atoms with van der Waals surface area (Å²) in [5.74, 6) is 0.694.